The van der Waals surface area contributed by atoms with Crippen LogP contribution in [-0.4, -0.2) is 29.9 Å². The lowest BCUT2D eigenvalue weighted by Gasteiger charge is -2.05. The molecule has 0 aliphatic carbocycles. The summed E-state index contributed by atoms with van der Waals surface area (Å²) in [5.41, 5.74) is 5.83. The molecule has 2 aromatic rings. The number of ether oxygens (including phenoxy) is 1. The average Bonchev–Trinajstić information content (AvgIpc) is 2.85. The van der Waals surface area contributed by atoms with Crippen molar-refractivity contribution in [2.24, 2.45) is 5.73 Å². The largest absolute Gasteiger partial charge is 0.383 e. The molecular formula is C13H16ClN3O2S. The van der Waals surface area contributed by atoms with E-state index in [2.05, 4.69) is 10.1 Å². The molecule has 1 heterocycles. The molecule has 1 aromatic heterocycles. The lowest BCUT2D eigenvalue weighted by Crippen LogP contribution is -2.28. The molecule has 0 amide bonds. The van der Waals surface area contributed by atoms with Gasteiger partial charge in [-0.05, 0) is 12.1 Å². The lowest BCUT2D eigenvalue weighted by atomic mass is 10.2. The van der Waals surface area contributed by atoms with Gasteiger partial charge in [-0.3, -0.25) is 0 Å². The SMILES string of the molecule is COCC(N)Cc1nc(CSc2ccccc2Cl)no1. The van der Waals surface area contributed by atoms with Gasteiger partial charge in [0, 0.05) is 24.5 Å². The van der Waals surface area contributed by atoms with Crippen molar-refractivity contribution in [1.82, 2.24) is 10.1 Å². The van der Waals surface area contributed by atoms with Crippen LogP contribution in [0.3, 0.4) is 0 Å². The van der Waals surface area contributed by atoms with Crippen molar-refractivity contribution in [3.8, 4) is 0 Å². The summed E-state index contributed by atoms with van der Waals surface area (Å²) in [7, 11) is 1.61. The number of halogens is 1. The molecule has 108 valence electrons. The fraction of sp³-hybridized carbons (Fsp3) is 0.385. The van der Waals surface area contributed by atoms with Crippen LogP contribution in [-0.2, 0) is 16.9 Å². The summed E-state index contributed by atoms with van der Waals surface area (Å²) >= 11 is 7.65. The molecule has 0 fully saturated rings. The van der Waals surface area contributed by atoms with Gasteiger partial charge in [0.2, 0.25) is 5.89 Å². The smallest absolute Gasteiger partial charge is 0.228 e. The number of benzene rings is 1. The molecule has 0 spiro atoms. The van der Waals surface area contributed by atoms with Crippen molar-refractivity contribution >= 4 is 23.4 Å². The van der Waals surface area contributed by atoms with Gasteiger partial charge >= 0.3 is 0 Å². The van der Waals surface area contributed by atoms with Gasteiger partial charge in [0.25, 0.3) is 0 Å². The molecule has 1 atom stereocenters. The number of methoxy groups -OCH3 is 1. The van der Waals surface area contributed by atoms with Gasteiger partial charge < -0.3 is 15.0 Å². The first-order valence-electron chi connectivity index (χ1n) is 6.12. The Morgan fingerprint density at radius 1 is 1.45 bits per heavy atom. The molecule has 5 nitrogen and oxygen atoms in total. The molecule has 1 unspecified atom stereocenters. The number of hydrogen-bond donors (Lipinski definition) is 1. The second-order valence-corrected chi connectivity index (χ2v) is 5.67. The third-order valence-corrected chi connectivity index (χ3v) is 4.03. The number of rotatable bonds is 7. The van der Waals surface area contributed by atoms with Crippen molar-refractivity contribution in [2.75, 3.05) is 13.7 Å². The molecule has 0 saturated heterocycles. The van der Waals surface area contributed by atoms with E-state index in [4.69, 9.17) is 26.6 Å². The fourth-order valence-electron chi connectivity index (χ4n) is 1.63. The molecule has 0 radical (unpaired) electrons. The highest BCUT2D eigenvalue weighted by Crippen LogP contribution is 2.28. The number of nitrogens with two attached hydrogens (primary N) is 1. The second-order valence-electron chi connectivity index (χ2n) is 4.24. The molecular weight excluding hydrogens is 298 g/mol. The zero-order valence-electron chi connectivity index (χ0n) is 11.1. The van der Waals surface area contributed by atoms with Crippen LogP contribution in [0.4, 0.5) is 0 Å². The monoisotopic (exact) mass is 313 g/mol. The van der Waals surface area contributed by atoms with Crippen molar-refractivity contribution < 1.29 is 9.26 Å². The van der Waals surface area contributed by atoms with Crippen LogP contribution < -0.4 is 5.73 Å². The van der Waals surface area contributed by atoms with E-state index in [1.165, 1.54) is 0 Å². The molecule has 0 aliphatic rings. The van der Waals surface area contributed by atoms with Gasteiger partial charge in [-0.25, -0.2) is 0 Å². The number of hydrogen-bond acceptors (Lipinski definition) is 6. The number of thioether (sulfide) groups is 1. The zero-order valence-corrected chi connectivity index (χ0v) is 12.7. The Morgan fingerprint density at radius 2 is 2.25 bits per heavy atom. The van der Waals surface area contributed by atoms with E-state index in [-0.39, 0.29) is 6.04 Å². The quantitative estimate of drug-likeness (QED) is 0.792. The van der Waals surface area contributed by atoms with E-state index < -0.39 is 0 Å². The number of aromatic nitrogens is 2. The maximum atomic E-state index is 6.08. The van der Waals surface area contributed by atoms with E-state index in [0.29, 0.717) is 30.5 Å². The van der Waals surface area contributed by atoms with Gasteiger partial charge in [0.1, 0.15) is 0 Å². The normalized spacial score (nSPS) is 12.6. The van der Waals surface area contributed by atoms with Crippen LogP contribution in [0.1, 0.15) is 11.7 Å². The van der Waals surface area contributed by atoms with Crippen LogP contribution in [0.25, 0.3) is 0 Å². The minimum Gasteiger partial charge on any atom is -0.383 e. The lowest BCUT2D eigenvalue weighted by molar-refractivity contribution is 0.176. The Morgan fingerprint density at radius 3 is 3.00 bits per heavy atom. The highest BCUT2D eigenvalue weighted by Gasteiger charge is 2.11. The van der Waals surface area contributed by atoms with Crippen molar-refractivity contribution in [3.63, 3.8) is 0 Å². The minimum atomic E-state index is -0.135. The van der Waals surface area contributed by atoms with Gasteiger partial charge in [0.15, 0.2) is 5.82 Å². The third kappa shape index (κ3) is 4.49. The van der Waals surface area contributed by atoms with E-state index >= 15 is 0 Å². The van der Waals surface area contributed by atoms with Crippen LogP contribution >= 0.6 is 23.4 Å². The molecule has 1 aromatic carbocycles. The second kappa shape index (κ2) is 7.64. The molecule has 0 saturated carbocycles. The summed E-state index contributed by atoms with van der Waals surface area (Å²) in [6.45, 7) is 0.464. The van der Waals surface area contributed by atoms with Crippen molar-refractivity contribution in [3.05, 3.63) is 41.0 Å². The Kier molecular flexibility index (Phi) is 5.85. The first-order chi connectivity index (χ1) is 9.69. The summed E-state index contributed by atoms with van der Waals surface area (Å²) in [4.78, 5) is 5.30. The van der Waals surface area contributed by atoms with Crippen LogP contribution in [0.15, 0.2) is 33.7 Å². The zero-order chi connectivity index (χ0) is 14.4. The predicted molar refractivity (Wildman–Crippen MR) is 78.9 cm³/mol. The summed E-state index contributed by atoms with van der Waals surface area (Å²) in [5, 5.41) is 4.65. The predicted octanol–water partition coefficient (Wildman–Crippen LogP) is 2.53. The summed E-state index contributed by atoms with van der Waals surface area (Å²) in [6.07, 6.45) is 0.512. The summed E-state index contributed by atoms with van der Waals surface area (Å²) < 4.78 is 10.1. The van der Waals surface area contributed by atoms with Crippen LogP contribution in [0, 0.1) is 0 Å². The topological polar surface area (TPSA) is 74.2 Å². The molecule has 7 heteroatoms. The van der Waals surface area contributed by atoms with Gasteiger partial charge in [0.05, 0.1) is 17.4 Å². The molecule has 0 aliphatic heterocycles. The van der Waals surface area contributed by atoms with Crippen LogP contribution in [0.5, 0.6) is 0 Å². The molecule has 2 N–H and O–H groups in total. The van der Waals surface area contributed by atoms with Crippen molar-refractivity contribution in [2.45, 2.75) is 23.1 Å². The van der Waals surface area contributed by atoms with E-state index in [1.54, 1.807) is 18.9 Å². The maximum absolute atomic E-state index is 6.08. The standard InChI is InChI=1S/C13H16ClN3O2S/c1-18-7-9(15)6-13-16-12(17-19-13)8-20-11-5-3-2-4-10(11)14/h2-5,9H,6-8,15H2,1H3. The summed E-state index contributed by atoms with van der Waals surface area (Å²) in [6, 6.07) is 7.53. The Labute approximate surface area is 126 Å². The summed E-state index contributed by atoms with van der Waals surface area (Å²) in [5.74, 6) is 1.77. The molecule has 20 heavy (non-hydrogen) atoms. The van der Waals surface area contributed by atoms with E-state index in [9.17, 15) is 0 Å². The highest BCUT2D eigenvalue weighted by molar-refractivity contribution is 7.98. The Bertz CT molecular complexity index is 550. The number of nitrogens with zero attached hydrogens (tertiary/aromatic N) is 2. The fourth-order valence-corrected chi connectivity index (χ4v) is 2.72. The molecule has 0 bridgehead atoms. The van der Waals surface area contributed by atoms with Crippen molar-refractivity contribution in [1.29, 1.82) is 0 Å². The Balaban J connectivity index is 1.88. The maximum Gasteiger partial charge on any atom is 0.228 e. The molecule has 2 rings (SSSR count). The van der Waals surface area contributed by atoms with Crippen LogP contribution in [0.2, 0.25) is 5.02 Å². The Hall–Kier alpha value is -1.08. The minimum absolute atomic E-state index is 0.135. The van der Waals surface area contributed by atoms with Gasteiger partial charge in [-0.2, -0.15) is 4.98 Å². The average molecular weight is 314 g/mol. The first-order valence-corrected chi connectivity index (χ1v) is 7.48. The first kappa shape index (κ1) is 15.3. The van der Waals surface area contributed by atoms with Gasteiger partial charge in [-0.1, -0.05) is 28.9 Å². The highest BCUT2D eigenvalue weighted by atomic mass is 35.5. The van der Waals surface area contributed by atoms with E-state index in [0.717, 1.165) is 9.92 Å². The van der Waals surface area contributed by atoms with E-state index in [1.807, 2.05) is 24.3 Å². The third-order valence-electron chi connectivity index (χ3n) is 2.52. The van der Waals surface area contributed by atoms with Gasteiger partial charge in [-0.15, -0.1) is 11.8 Å².